The zero-order valence-electron chi connectivity index (χ0n) is 18.6. The Balaban J connectivity index is 1.40. The van der Waals surface area contributed by atoms with Crippen LogP contribution in [0.1, 0.15) is 29.3 Å². The molecule has 0 radical (unpaired) electrons. The van der Waals surface area contributed by atoms with Gasteiger partial charge in [-0.1, -0.05) is 30.7 Å². The van der Waals surface area contributed by atoms with Gasteiger partial charge >= 0.3 is 0 Å². The Kier molecular flexibility index (Phi) is 7.19. The molecule has 0 aromatic heterocycles. The van der Waals surface area contributed by atoms with Crippen molar-refractivity contribution in [3.8, 4) is 11.5 Å². The molecule has 1 atom stereocenters. The highest BCUT2D eigenvalue weighted by Gasteiger charge is 2.20. The molecular weight excluding hydrogens is 436 g/mol. The van der Waals surface area contributed by atoms with E-state index in [-0.39, 0.29) is 17.1 Å². The lowest BCUT2D eigenvalue weighted by molar-refractivity contribution is -0.115. The van der Waals surface area contributed by atoms with Crippen LogP contribution >= 0.6 is 11.8 Å². The number of anilines is 2. The van der Waals surface area contributed by atoms with Gasteiger partial charge in [-0.3, -0.25) is 9.59 Å². The van der Waals surface area contributed by atoms with Crippen LogP contribution in [0.15, 0.2) is 71.6 Å². The number of hydrogen-bond acceptors (Lipinski definition) is 5. The zero-order valence-corrected chi connectivity index (χ0v) is 19.4. The SMILES string of the molecule is CCC(Sc1cccc(NC(=O)c2ccc(C)cc2)c1)C(=O)Nc1ccc2c(c1)OCCO2. The molecule has 2 amide bonds. The number of aryl methyl sites for hydroxylation is 1. The van der Waals surface area contributed by atoms with E-state index in [1.54, 1.807) is 24.3 Å². The van der Waals surface area contributed by atoms with Gasteiger partial charge < -0.3 is 20.1 Å². The summed E-state index contributed by atoms with van der Waals surface area (Å²) in [6.07, 6.45) is 0.654. The minimum atomic E-state index is -0.291. The Morgan fingerprint density at radius 1 is 0.909 bits per heavy atom. The highest BCUT2D eigenvalue weighted by molar-refractivity contribution is 8.00. The van der Waals surface area contributed by atoms with E-state index in [0.29, 0.717) is 48.1 Å². The molecule has 0 spiro atoms. The van der Waals surface area contributed by atoms with Crippen molar-refractivity contribution < 1.29 is 19.1 Å². The van der Waals surface area contributed by atoms with Gasteiger partial charge in [0, 0.05) is 27.9 Å². The summed E-state index contributed by atoms with van der Waals surface area (Å²) < 4.78 is 11.1. The van der Waals surface area contributed by atoms with Crippen LogP contribution < -0.4 is 20.1 Å². The fraction of sp³-hybridized carbons (Fsp3) is 0.231. The number of carbonyl (C=O) groups is 2. The topological polar surface area (TPSA) is 76.7 Å². The Bertz CT molecular complexity index is 1150. The van der Waals surface area contributed by atoms with Gasteiger partial charge in [0.15, 0.2) is 11.5 Å². The van der Waals surface area contributed by atoms with Crippen molar-refractivity contribution in [3.63, 3.8) is 0 Å². The van der Waals surface area contributed by atoms with E-state index < -0.39 is 0 Å². The summed E-state index contributed by atoms with van der Waals surface area (Å²) in [7, 11) is 0. The molecule has 0 saturated carbocycles. The number of rotatable bonds is 7. The highest BCUT2D eigenvalue weighted by atomic mass is 32.2. The summed E-state index contributed by atoms with van der Waals surface area (Å²) in [6, 6.07) is 20.4. The largest absolute Gasteiger partial charge is 0.486 e. The van der Waals surface area contributed by atoms with Crippen molar-refractivity contribution in [1.82, 2.24) is 0 Å². The first-order valence-electron chi connectivity index (χ1n) is 10.9. The van der Waals surface area contributed by atoms with Crippen LogP contribution in [0.2, 0.25) is 0 Å². The van der Waals surface area contributed by atoms with Gasteiger partial charge in [0.25, 0.3) is 5.91 Å². The van der Waals surface area contributed by atoms with Gasteiger partial charge in [0.2, 0.25) is 5.91 Å². The molecule has 1 heterocycles. The molecule has 6 nitrogen and oxygen atoms in total. The Hall–Kier alpha value is -3.45. The van der Waals surface area contributed by atoms with Gasteiger partial charge in [-0.2, -0.15) is 0 Å². The van der Waals surface area contributed by atoms with Crippen LogP contribution in [0.3, 0.4) is 0 Å². The summed E-state index contributed by atoms with van der Waals surface area (Å²) >= 11 is 1.46. The number of nitrogens with one attached hydrogen (secondary N) is 2. The van der Waals surface area contributed by atoms with Crippen molar-refractivity contribution in [2.75, 3.05) is 23.8 Å². The second kappa shape index (κ2) is 10.4. The van der Waals surface area contributed by atoms with E-state index in [4.69, 9.17) is 9.47 Å². The molecule has 33 heavy (non-hydrogen) atoms. The van der Waals surface area contributed by atoms with Gasteiger partial charge in [0.05, 0.1) is 5.25 Å². The van der Waals surface area contributed by atoms with Crippen LogP contribution in [-0.2, 0) is 4.79 Å². The number of ether oxygens (including phenoxy) is 2. The molecule has 3 aromatic rings. The summed E-state index contributed by atoms with van der Waals surface area (Å²) in [5.41, 5.74) is 3.06. The molecular formula is C26H26N2O4S. The summed E-state index contributed by atoms with van der Waals surface area (Å²) in [5.74, 6) is 1.07. The molecule has 7 heteroatoms. The zero-order chi connectivity index (χ0) is 23.2. The van der Waals surface area contributed by atoms with Crippen LogP contribution in [0.4, 0.5) is 11.4 Å². The van der Waals surface area contributed by atoms with Crippen LogP contribution in [-0.4, -0.2) is 30.3 Å². The van der Waals surface area contributed by atoms with Crippen molar-refractivity contribution in [2.24, 2.45) is 0 Å². The fourth-order valence-electron chi connectivity index (χ4n) is 3.39. The second-order valence-corrected chi connectivity index (χ2v) is 8.99. The molecule has 1 aliphatic rings. The monoisotopic (exact) mass is 462 g/mol. The first-order chi connectivity index (χ1) is 16.0. The fourth-order valence-corrected chi connectivity index (χ4v) is 4.40. The molecule has 170 valence electrons. The number of fused-ring (bicyclic) bond motifs is 1. The molecule has 0 saturated heterocycles. The van der Waals surface area contributed by atoms with Crippen molar-refractivity contribution in [2.45, 2.75) is 30.4 Å². The van der Waals surface area contributed by atoms with E-state index in [9.17, 15) is 9.59 Å². The Morgan fingerprint density at radius 2 is 1.64 bits per heavy atom. The lowest BCUT2D eigenvalue weighted by atomic mass is 10.1. The first-order valence-corrected chi connectivity index (χ1v) is 11.7. The predicted molar refractivity (Wildman–Crippen MR) is 132 cm³/mol. The van der Waals surface area contributed by atoms with E-state index >= 15 is 0 Å². The quantitative estimate of drug-likeness (QED) is 0.452. The lowest BCUT2D eigenvalue weighted by Gasteiger charge is -2.20. The van der Waals surface area contributed by atoms with E-state index in [1.807, 2.05) is 56.3 Å². The maximum atomic E-state index is 12.9. The van der Waals surface area contributed by atoms with Gasteiger partial charge in [-0.15, -0.1) is 11.8 Å². The van der Waals surface area contributed by atoms with Crippen molar-refractivity contribution in [3.05, 3.63) is 77.9 Å². The van der Waals surface area contributed by atoms with E-state index in [2.05, 4.69) is 10.6 Å². The minimum absolute atomic E-state index is 0.0896. The number of benzene rings is 3. The van der Waals surface area contributed by atoms with Crippen LogP contribution in [0, 0.1) is 6.92 Å². The summed E-state index contributed by atoms with van der Waals surface area (Å²) in [5, 5.41) is 5.61. The Morgan fingerprint density at radius 3 is 2.39 bits per heavy atom. The Labute approximate surface area is 197 Å². The maximum Gasteiger partial charge on any atom is 0.255 e. The van der Waals surface area contributed by atoms with E-state index in [0.717, 1.165) is 10.5 Å². The number of amides is 2. The summed E-state index contributed by atoms with van der Waals surface area (Å²) in [4.78, 5) is 26.3. The number of carbonyl (C=O) groups excluding carboxylic acids is 2. The minimum Gasteiger partial charge on any atom is -0.486 e. The first kappa shape index (κ1) is 22.7. The van der Waals surface area contributed by atoms with Gasteiger partial charge in [0.1, 0.15) is 13.2 Å². The lowest BCUT2D eigenvalue weighted by Crippen LogP contribution is -2.24. The molecule has 0 aliphatic carbocycles. The average Bonchev–Trinajstić information content (AvgIpc) is 2.83. The summed E-state index contributed by atoms with van der Waals surface area (Å²) in [6.45, 7) is 4.98. The third-order valence-corrected chi connectivity index (χ3v) is 6.51. The van der Waals surface area contributed by atoms with Crippen LogP contribution in [0.25, 0.3) is 0 Å². The van der Waals surface area contributed by atoms with E-state index in [1.165, 1.54) is 11.8 Å². The standard InChI is InChI=1S/C26H26N2O4S/c1-3-24(26(30)28-20-11-12-22-23(16-20)32-14-13-31-22)33-21-6-4-5-19(15-21)27-25(29)18-9-7-17(2)8-10-18/h4-12,15-16,24H,3,13-14H2,1-2H3,(H,27,29)(H,28,30). The second-order valence-electron chi connectivity index (χ2n) is 7.71. The molecule has 0 fully saturated rings. The molecule has 1 unspecified atom stereocenters. The third kappa shape index (κ3) is 5.87. The number of hydrogen-bond donors (Lipinski definition) is 2. The average molecular weight is 463 g/mol. The molecule has 0 bridgehead atoms. The normalized spacial score (nSPS) is 13.2. The molecule has 4 rings (SSSR count). The molecule has 2 N–H and O–H groups in total. The van der Waals surface area contributed by atoms with Gasteiger partial charge in [-0.25, -0.2) is 0 Å². The van der Waals surface area contributed by atoms with Crippen molar-refractivity contribution in [1.29, 1.82) is 0 Å². The third-order valence-electron chi connectivity index (χ3n) is 5.16. The van der Waals surface area contributed by atoms with Gasteiger partial charge in [-0.05, 0) is 55.8 Å². The predicted octanol–water partition coefficient (Wildman–Crippen LogP) is 5.53. The maximum absolute atomic E-state index is 12.9. The van der Waals surface area contributed by atoms with Crippen molar-refractivity contribution >= 4 is 35.0 Å². The molecule has 1 aliphatic heterocycles. The smallest absolute Gasteiger partial charge is 0.255 e. The number of thioether (sulfide) groups is 1. The highest BCUT2D eigenvalue weighted by Crippen LogP contribution is 2.33. The molecule has 3 aromatic carbocycles. The van der Waals surface area contributed by atoms with Crippen LogP contribution in [0.5, 0.6) is 11.5 Å².